The van der Waals surface area contributed by atoms with E-state index < -0.39 is 11.6 Å². The number of hydrogen-bond donors (Lipinski definition) is 1. The van der Waals surface area contributed by atoms with Crippen LogP contribution in [0.2, 0.25) is 0 Å². The first-order valence-corrected chi connectivity index (χ1v) is 6.83. The van der Waals surface area contributed by atoms with Crippen molar-refractivity contribution in [3.8, 4) is 0 Å². The first kappa shape index (κ1) is 14.5. The van der Waals surface area contributed by atoms with Crippen LogP contribution in [0.3, 0.4) is 0 Å². The number of halogens is 2. The summed E-state index contributed by atoms with van der Waals surface area (Å²) in [6.45, 7) is 4.15. The summed E-state index contributed by atoms with van der Waals surface area (Å²) in [7, 11) is 0. The fourth-order valence-corrected chi connectivity index (χ4v) is 2.86. The van der Waals surface area contributed by atoms with E-state index >= 15 is 0 Å². The zero-order valence-corrected chi connectivity index (χ0v) is 11.1. The number of thioether (sulfide) groups is 1. The lowest BCUT2D eigenvalue weighted by Crippen LogP contribution is -2.31. The predicted molar refractivity (Wildman–Crippen MR) is 69.2 cm³/mol. The van der Waals surface area contributed by atoms with E-state index in [1.807, 2.05) is 0 Å². The molecule has 2 unspecified atom stereocenters. The van der Waals surface area contributed by atoms with E-state index in [0.29, 0.717) is 0 Å². The third-order valence-corrected chi connectivity index (χ3v) is 4.19. The lowest BCUT2D eigenvalue weighted by Gasteiger charge is -2.21. The van der Waals surface area contributed by atoms with Crippen LogP contribution in [0.1, 0.15) is 33.1 Å². The maximum atomic E-state index is 13.1. The highest BCUT2D eigenvalue weighted by atomic mass is 32.2. The molecule has 0 saturated carbocycles. The van der Waals surface area contributed by atoms with Crippen molar-refractivity contribution in [2.75, 3.05) is 0 Å². The van der Waals surface area contributed by atoms with Crippen molar-refractivity contribution in [3.63, 3.8) is 0 Å². The summed E-state index contributed by atoms with van der Waals surface area (Å²) in [5.41, 5.74) is 6.07. The molecule has 0 aliphatic heterocycles. The van der Waals surface area contributed by atoms with Gasteiger partial charge in [-0.1, -0.05) is 20.3 Å². The zero-order valence-electron chi connectivity index (χ0n) is 10.2. The Kier molecular flexibility index (Phi) is 5.92. The molecule has 0 aliphatic carbocycles. The lowest BCUT2D eigenvalue weighted by molar-refractivity contribution is 0.505. The molecule has 96 valence electrons. The molecule has 0 amide bonds. The molecule has 0 spiro atoms. The minimum atomic E-state index is -0.805. The summed E-state index contributed by atoms with van der Waals surface area (Å²) < 4.78 is 25.9. The highest BCUT2D eigenvalue weighted by Crippen LogP contribution is 2.29. The summed E-state index contributed by atoms with van der Waals surface area (Å²) in [5, 5.41) is 0.250. The molecule has 2 N–H and O–H groups in total. The highest BCUT2D eigenvalue weighted by molar-refractivity contribution is 8.00. The molecule has 1 aromatic carbocycles. The molecule has 0 bridgehead atoms. The van der Waals surface area contributed by atoms with Gasteiger partial charge in [0.1, 0.15) is 0 Å². The number of nitrogens with two attached hydrogens (primary N) is 1. The van der Waals surface area contributed by atoms with Crippen molar-refractivity contribution in [1.82, 2.24) is 0 Å². The van der Waals surface area contributed by atoms with Gasteiger partial charge in [0.05, 0.1) is 0 Å². The second-order valence-corrected chi connectivity index (χ2v) is 5.41. The van der Waals surface area contributed by atoms with Crippen LogP contribution in [0, 0.1) is 11.6 Å². The maximum absolute atomic E-state index is 13.1. The Labute approximate surface area is 106 Å². The van der Waals surface area contributed by atoms with Gasteiger partial charge in [-0.25, -0.2) is 8.78 Å². The Morgan fingerprint density at radius 1 is 1.24 bits per heavy atom. The summed E-state index contributed by atoms with van der Waals surface area (Å²) in [6.07, 6.45) is 2.91. The molecule has 17 heavy (non-hydrogen) atoms. The maximum Gasteiger partial charge on any atom is 0.159 e. The molecule has 1 aromatic rings. The Balaban J connectivity index is 2.70. The van der Waals surface area contributed by atoms with Crippen LogP contribution < -0.4 is 5.73 Å². The normalized spacial score (nSPS) is 14.6. The van der Waals surface area contributed by atoms with Gasteiger partial charge in [-0.05, 0) is 31.0 Å². The summed E-state index contributed by atoms with van der Waals surface area (Å²) in [4.78, 5) is 0.738. The minimum Gasteiger partial charge on any atom is -0.327 e. The predicted octanol–water partition coefficient (Wildman–Crippen LogP) is 3.96. The fourth-order valence-electron chi connectivity index (χ4n) is 1.72. The van der Waals surface area contributed by atoms with Crippen LogP contribution in [0.5, 0.6) is 0 Å². The van der Waals surface area contributed by atoms with Gasteiger partial charge in [0.25, 0.3) is 0 Å². The van der Waals surface area contributed by atoms with Crippen molar-refractivity contribution in [1.29, 1.82) is 0 Å². The van der Waals surface area contributed by atoms with Crippen LogP contribution in [0.15, 0.2) is 23.1 Å². The third kappa shape index (κ3) is 4.28. The molecule has 4 heteroatoms. The first-order valence-electron chi connectivity index (χ1n) is 5.95. The van der Waals surface area contributed by atoms with Crippen molar-refractivity contribution in [3.05, 3.63) is 29.8 Å². The van der Waals surface area contributed by atoms with Crippen molar-refractivity contribution in [2.24, 2.45) is 5.73 Å². The first-order chi connectivity index (χ1) is 8.08. The van der Waals surface area contributed by atoms with Gasteiger partial charge in [-0.2, -0.15) is 0 Å². The molecule has 0 heterocycles. The fraction of sp³-hybridized carbons (Fsp3) is 0.538. The number of hydrogen-bond acceptors (Lipinski definition) is 2. The standard InChI is InChI=1S/C13H19F2NS/c1-3-5-12(16)13(4-2)17-9-6-7-10(14)11(15)8-9/h6-8,12-13H,3-5,16H2,1-2H3. The highest BCUT2D eigenvalue weighted by Gasteiger charge is 2.17. The number of rotatable bonds is 6. The van der Waals surface area contributed by atoms with E-state index in [1.54, 1.807) is 6.07 Å². The molecule has 2 atom stereocenters. The second kappa shape index (κ2) is 6.97. The molecular formula is C13H19F2NS. The Morgan fingerprint density at radius 3 is 2.47 bits per heavy atom. The molecule has 0 radical (unpaired) electrons. The van der Waals surface area contributed by atoms with Crippen LogP contribution >= 0.6 is 11.8 Å². The monoisotopic (exact) mass is 259 g/mol. The Bertz CT molecular complexity index is 357. The average Bonchev–Trinajstić information content (AvgIpc) is 2.30. The van der Waals surface area contributed by atoms with Gasteiger partial charge in [-0.3, -0.25) is 0 Å². The van der Waals surface area contributed by atoms with Crippen molar-refractivity contribution in [2.45, 2.75) is 49.3 Å². The van der Waals surface area contributed by atoms with Crippen LogP contribution in [0.4, 0.5) is 8.78 Å². The summed E-state index contributed by atoms with van der Waals surface area (Å²) in [6, 6.07) is 4.10. The van der Waals surface area contributed by atoms with Crippen LogP contribution in [0.25, 0.3) is 0 Å². The molecule has 0 aromatic heterocycles. The summed E-state index contributed by atoms with van der Waals surface area (Å²) >= 11 is 1.53. The number of benzene rings is 1. The van der Waals surface area contributed by atoms with E-state index in [4.69, 9.17) is 5.73 Å². The van der Waals surface area contributed by atoms with E-state index in [2.05, 4.69) is 13.8 Å². The van der Waals surface area contributed by atoms with E-state index in [0.717, 1.165) is 30.2 Å². The average molecular weight is 259 g/mol. The topological polar surface area (TPSA) is 26.0 Å². The molecule has 1 nitrogen and oxygen atoms in total. The molecule has 1 rings (SSSR count). The molecular weight excluding hydrogens is 240 g/mol. The van der Waals surface area contributed by atoms with Crippen molar-refractivity contribution >= 4 is 11.8 Å². The van der Waals surface area contributed by atoms with E-state index in [-0.39, 0.29) is 11.3 Å². The molecule has 0 fully saturated rings. The SMILES string of the molecule is CCCC(N)C(CC)Sc1ccc(F)c(F)c1. The second-order valence-electron chi connectivity index (χ2n) is 4.09. The van der Waals surface area contributed by atoms with Gasteiger partial charge in [0.2, 0.25) is 0 Å². The minimum absolute atomic E-state index is 0.100. The van der Waals surface area contributed by atoms with Gasteiger partial charge >= 0.3 is 0 Å². The van der Waals surface area contributed by atoms with Crippen molar-refractivity contribution < 1.29 is 8.78 Å². The summed E-state index contributed by atoms with van der Waals surface area (Å²) in [5.74, 6) is -1.60. The Morgan fingerprint density at radius 2 is 1.94 bits per heavy atom. The Hall–Kier alpha value is -0.610. The third-order valence-electron chi connectivity index (χ3n) is 2.68. The molecule has 0 saturated heterocycles. The zero-order chi connectivity index (χ0) is 12.8. The van der Waals surface area contributed by atoms with Gasteiger partial charge in [0.15, 0.2) is 11.6 Å². The molecule has 0 aliphatic rings. The quantitative estimate of drug-likeness (QED) is 0.782. The smallest absolute Gasteiger partial charge is 0.159 e. The van der Waals surface area contributed by atoms with Crippen LogP contribution in [-0.4, -0.2) is 11.3 Å². The largest absolute Gasteiger partial charge is 0.327 e. The van der Waals surface area contributed by atoms with Gasteiger partial charge in [-0.15, -0.1) is 11.8 Å². The van der Waals surface area contributed by atoms with Crippen LogP contribution in [-0.2, 0) is 0 Å². The lowest BCUT2D eigenvalue weighted by atomic mass is 10.1. The van der Waals surface area contributed by atoms with E-state index in [1.165, 1.54) is 17.8 Å². The van der Waals surface area contributed by atoms with Gasteiger partial charge in [0, 0.05) is 16.2 Å². The van der Waals surface area contributed by atoms with Gasteiger partial charge < -0.3 is 5.73 Å². The van der Waals surface area contributed by atoms with E-state index in [9.17, 15) is 8.78 Å².